The summed E-state index contributed by atoms with van der Waals surface area (Å²) in [7, 11) is -4.05. The highest BCUT2D eigenvalue weighted by atomic mass is 32.2. The zero-order valence-electron chi connectivity index (χ0n) is 10.5. The lowest BCUT2D eigenvalue weighted by Gasteiger charge is -2.08. The number of halogens is 1. The molecule has 0 radical (unpaired) electrons. The molecule has 0 amide bonds. The van der Waals surface area contributed by atoms with Crippen molar-refractivity contribution in [3.63, 3.8) is 0 Å². The van der Waals surface area contributed by atoms with Gasteiger partial charge in [-0.05, 0) is 36.2 Å². The molecular weight excluding hydrogens is 283 g/mol. The van der Waals surface area contributed by atoms with Gasteiger partial charge in [-0.2, -0.15) is 8.42 Å². The highest BCUT2D eigenvalue weighted by Gasteiger charge is 2.20. The Hall–Kier alpha value is -1.99. The zero-order valence-corrected chi connectivity index (χ0v) is 11.3. The van der Waals surface area contributed by atoms with Gasteiger partial charge in [-0.1, -0.05) is 12.1 Å². The molecule has 0 aliphatic heterocycles. The van der Waals surface area contributed by atoms with Crippen LogP contribution in [0, 0.1) is 5.82 Å². The van der Waals surface area contributed by atoms with Crippen molar-refractivity contribution in [1.29, 1.82) is 0 Å². The van der Waals surface area contributed by atoms with E-state index in [-0.39, 0.29) is 6.61 Å². The van der Waals surface area contributed by atoms with Crippen LogP contribution in [-0.2, 0) is 16.4 Å². The van der Waals surface area contributed by atoms with Gasteiger partial charge in [0.25, 0.3) is 10.0 Å². The minimum Gasteiger partial charge on any atom is -0.396 e. The van der Waals surface area contributed by atoms with Crippen molar-refractivity contribution >= 4 is 15.7 Å². The summed E-state index contributed by atoms with van der Waals surface area (Å²) in [5.74, 6) is -0.906. The number of anilines is 1. The highest BCUT2D eigenvalue weighted by molar-refractivity contribution is 7.92. The van der Waals surface area contributed by atoms with E-state index in [4.69, 9.17) is 5.11 Å². The van der Waals surface area contributed by atoms with Gasteiger partial charge < -0.3 is 5.11 Å². The summed E-state index contributed by atoms with van der Waals surface area (Å²) in [6, 6.07) is 8.81. The maximum atomic E-state index is 13.4. The summed E-state index contributed by atoms with van der Waals surface area (Å²) in [6.45, 7) is 0.0181. The number of hydrogen-bond donors (Lipinski definition) is 2. The van der Waals surface area contributed by atoms with Gasteiger partial charge in [0, 0.05) is 18.5 Å². The molecule has 2 N–H and O–H groups in total. The van der Waals surface area contributed by atoms with Crippen molar-refractivity contribution < 1.29 is 17.9 Å². The van der Waals surface area contributed by atoms with E-state index in [1.807, 2.05) is 0 Å². The second-order valence-electron chi connectivity index (χ2n) is 4.07. The van der Waals surface area contributed by atoms with E-state index >= 15 is 0 Å². The Balaban J connectivity index is 2.22. The number of rotatable bonds is 5. The number of aromatic nitrogens is 1. The topological polar surface area (TPSA) is 79.3 Å². The molecule has 0 bridgehead atoms. The van der Waals surface area contributed by atoms with E-state index in [9.17, 15) is 12.8 Å². The quantitative estimate of drug-likeness (QED) is 0.877. The van der Waals surface area contributed by atoms with Gasteiger partial charge in [-0.25, -0.2) is 9.37 Å². The molecule has 1 heterocycles. The maximum absolute atomic E-state index is 13.4. The second kappa shape index (κ2) is 5.98. The molecule has 0 saturated heterocycles. The van der Waals surface area contributed by atoms with Crippen LogP contribution < -0.4 is 4.72 Å². The van der Waals surface area contributed by atoms with Crippen LogP contribution in [0.4, 0.5) is 10.1 Å². The first-order valence-electron chi connectivity index (χ1n) is 5.86. The molecule has 1 aromatic heterocycles. The van der Waals surface area contributed by atoms with Crippen molar-refractivity contribution in [1.82, 2.24) is 4.98 Å². The van der Waals surface area contributed by atoms with Crippen molar-refractivity contribution in [2.45, 2.75) is 11.4 Å². The molecule has 5 nitrogen and oxygen atoms in total. The Morgan fingerprint density at radius 2 is 1.90 bits per heavy atom. The van der Waals surface area contributed by atoms with Crippen LogP contribution in [-0.4, -0.2) is 25.1 Å². The lowest BCUT2D eigenvalue weighted by Crippen LogP contribution is -2.16. The number of aliphatic hydroxyl groups is 1. The smallest absolute Gasteiger partial charge is 0.282 e. The molecule has 0 fully saturated rings. The van der Waals surface area contributed by atoms with E-state index in [0.717, 1.165) is 11.6 Å². The third kappa shape index (κ3) is 3.31. The maximum Gasteiger partial charge on any atom is 0.282 e. The van der Waals surface area contributed by atoms with E-state index in [0.29, 0.717) is 12.1 Å². The first-order chi connectivity index (χ1) is 9.53. The SMILES string of the molecule is O=S(=O)(Nc1ccc(CCO)cc1)c1ncccc1F. The van der Waals surface area contributed by atoms with Crippen LogP contribution in [0.3, 0.4) is 0 Å². The highest BCUT2D eigenvalue weighted by Crippen LogP contribution is 2.17. The lowest BCUT2D eigenvalue weighted by molar-refractivity contribution is 0.299. The fourth-order valence-corrected chi connectivity index (χ4v) is 2.71. The average molecular weight is 296 g/mol. The molecule has 20 heavy (non-hydrogen) atoms. The van der Waals surface area contributed by atoms with E-state index in [2.05, 4.69) is 9.71 Å². The zero-order chi connectivity index (χ0) is 14.6. The monoisotopic (exact) mass is 296 g/mol. The molecule has 0 unspecified atom stereocenters. The number of benzene rings is 1. The van der Waals surface area contributed by atoms with Crippen LogP contribution in [0.25, 0.3) is 0 Å². The summed E-state index contributed by atoms with van der Waals surface area (Å²) >= 11 is 0. The van der Waals surface area contributed by atoms with Gasteiger partial charge in [0.1, 0.15) is 0 Å². The van der Waals surface area contributed by atoms with Gasteiger partial charge in [-0.15, -0.1) is 0 Å². The van der Waals surface area contributed by atoms with Crippen molar-refractivity contribution in [2.75, 3.05) is 11.3 Å². The van der Waals surface area contributed by atoms with Crippen LogP contribution in [0.15, 0.2) is 47.6 Å². The summed E-state index contributed by atoms with van der Waals surface area (Å²) in [5, 5.41) is 8.15. The van der Waals surface area contributed by atoms with Crippen LogP contribution in [0.5, 0.6) is 0 Å². The van der Waals surface area contributed by atoms with Gasteiger partial charge in [-0.3, -0.25) is 4.72 Å². The average Bonchev–Trinajstić information content (AvgIpc) is 2.41. The van der Waals surface area contributed by atoms with Crippen molar-refractivity contribution in [2.24, 2.45) is 0 Å². The molecule has 2 aromatic rings. The van der Waals surface area contributed by atoms with E-state index < -0.39 is 20.9 Å². The summed E-state index contributed by atoms with van der Waals surface area (Å²) < 4.78 is 39.7. The number of nitrogens with one attached hydrogen (secondary N) is 1. The van der Waals surface area contributed by atoms with Crippen LogP contribution in [0.1, 0.15) is 5.56 Å². The van der Waals surface area contributed by atoms with Gasteiger partial charge in [0.2, 0.25) is 5.03 Å². The third-order valence-corrected chi connectivity index (χ3v) is 3.90. The predicted molar refractivity (Wildman–Crippen MR) is 72.2 cm³/mol. The standard InChI is InChI=1S/C13H13FN2O3S/c14-12-2-1-8-15-13(12)20(18,19)16-11-5-3-10(4-6-11)7-9-17/h1-6,8,16-17H,7,9H2. The third-order valence-electron chi connectivity index (χ3n) is 2.59. The largest absolute Gasteiger partial charge is 0.396 e. The lowest BCUT2D eigenvalue weighted by atomic mass is 10.1. The first kappa shape index (κ1) is 14.4. The Kier molecular flexibility index (Phi) is 4.31. The van der Waals surface area contributed by atoms with Crippen molar-refractivity contribution in [3.8, 4) is 0 Å². The predicted octanol–water partition coefficient (Wildman–Crippen LogP) is 1.56. The minimum absolute atomic E-state index is 0.0181. The normalized spacial score (nSPS) is 11.3. The second-order valence-corrected chi connectivity index (χ2v) is 5.66. The Morgan fingerprint density at radius 1 is 1.20 bits per heavy atom. The molecule has 0 aliphatic carbocycles. The number of sulfonamides is 1. The molecule has 7 heteroatoms. The van der Waals surface area contributed by atoms with Gasteiger partial charge >= 0.3 is 0 Å². The number of pyridine rings is 1. The Labute approximate surface area is 116 Å². The molecule has 106 valence electrons. The fraction of sp³-hybridized carbons (Fsp3) is 0.154. The summed E-state index contributed by atoms with van der Waals surface area (Å²) in [4.78, 5) is 3.53. The van der Waals surface area contributed by atoms with Crippen molar-refractivity contribution in [3.05, 3.63) is 54.0 Å². The summed E-state index contributed by atoms with van der Waals surface area (Å²) in [6.07, 6.45) is 1.70. The Bertz CT molecular complexity index is 687. The van der Waals surface area contributed by atoms with Gasteiger partial charge in [0.15, 0.2) is 5.82 Å². The van der Waals surface area contributed by atoms with Crippen LogP contribution in [0.2, 0.25) is 0 Å². The fourth-order valence-electron chi connectivity index (χ4n) is 1.64. The number of aliphatic hydroxyl groups excluding tert-OH is 1. The molecule has 0 saturated carbocycles. The van der Waals surface area contributed by atoms with E-state index in [1.54, 1.807) is 24.3 Å². The molecule has 2 rings (SSSR count). The van der Waals surface area contributed by atoms with E-state index in [1.165, 1.54) is 12.3 Å². The molecular formula is C13H13FN2O3S. The molecule has 0 spiro atoms. The summed E-state index contributed by atoms with van der Waals surface area (Å²) in [5.41, 5.74) is 1.18. The van der Waals surface area contributed by atoms with Crippen LogP contribution >= 0.6 is 0 Å². The molecule has 0 atom stereocenters. The molecule has 0 aliphatic rings. The minimum atomic E-state index is -4.05. The number of nitrogens with zero attached hydrogens (tertiary/aromatic N) is 1. The van der Waals surface area contributed by atoms with Gasteiger partial charge in [0.05, 0.1) is 0 Å². The first-order valence-corrected chi connectivity index (χ1v) is 7.34. The Morgan fingerprint density at radius 3 is 2.50 bits per heavy atom. The molecule has 1 aromatic carbocycles. The number of hydrogen-bond acceptors (Lipinski definition) is 4.